The number of halogens is 2. The van der Waals surface area contributed by atoms with Gasteiger partial charge in [-0.3, -0.25) is 4.99 Å². The molecule has 12 heteroatoms. The normalized spacial score (nSPS) is 15.4. The summed E-state index contributed by atoms with van der Waals surface area (Å²) in [6, 6.07) is 7.73. The first kappa shape index (κ1) is 24.0. The topological polar surface area (TPSA) is 115 Å². The molecule has 0 aliphatic carbocycles. The minimum atomic E-state index is -3.48. The lowest BCUT2D eigenvalue weighted by Gasteiger charge is -2.35. The second kappa shape index (κ2) is 10.7. The highest BCUT2D eigenvalue weighted by atomic mass is 127. The predicted octanol–water partition coefficient (Wildman–Crippen LogP) is 1.53. The fourth-order valence-electron chi connectivity index (χ4n) is 3.04. The smallest absolute Gasteiger partial charge is 0.220 e. The lowest BCUT2D eigenvalue weighted by molar-refractivity contribution is 0.259. The highest BCUT2D eigenvalue weighted by molar-refractivity contribution is 14.0. The van der Waals surface area contributed by atoms with Gasteiger partial charge in [-0.15, -0.1) is 24.0 Å². The highest BCUT2D eigenvalue weighted by Crippen LogP contribution is 2.14. The van der Waals surface area contributed by atoms with E-state index in [2.05, 4.69) is 20.0 Å². The third kappa shape index (κ3) is 5.89. The molecule has 1 fully saturated rings. The number of piperazine rings is 1. The van der Waals surface area contributed by atoms with Gasteiger partial charge in [0.15, 0.2) is 5.96 Å². The van der Waals surface area contributed by atoms with E-state index in [0.29, 0.717) is 43.4 Å². The van der Waals surface area contributed by atoms with Crippen LogP contribution in [0.5, 0.6) is 0 Å². The zero-order valence-corrected chi connectivity index (χ0v) is 19.4. The van der Waals surface area contributed by atoms with Crippen molar-refractivity contribution in [1.29, 1.82) is 5.26 Å². The summed E-state index contributed by atoms with van der Waals surface area (Å²) < 4.78 is 45.2. The molecular weight excluding hydrogens is 526 g/mol. The van der Waals surface area contributed by atoms with Crippen molar-refractivity contribution in [2.45, 2.75) is 12.3 Å². The zero-order chi connectivity index (χ0) is 20.9. The number of nitrogens with one attached hydrogen (secondary N) is 1. The molecule has 2 aromatic rings. The van der Waals surface area contributed by atoms with Gasteiger partial charge in [-0.1, -0.05) is 11.2 Å². The maximum atomic E-state index is 14.0. The number of nitrogens with zero attached hydrogens (tertiary/aromatic N) is 5. The molecule has 30 heavy (non-hydrogen) atoms. The first-order valence-electron chi connectivity index (χ1n) is 8.94. The molecule has 0 atom stereocenters. The van der Waals surface area contributed by atoms with Gasteiger partial charge in [-0.2, -0.15) is 9.57 Å². The Kier molecular flexibility index (Phi) is 8.56. The second-order valence-corrected chi connectivity index (χ2v) is 8.42. The third-order valence-corrected chi connectivity index (χ3v) is 6.40. The number of guanidine groups is 1. The molecule has 9 nitrogen and oxygen atoms in total. The van der Waals surface area contributed by atoms with Crippen LogP contribution in [0.4, 0.5) is 4.39 Å². The Balaban J connectivity index is 0.00000320. The van der Waals surface area contributed by atoms with Gasteiger partial charge in [0.2, 0.25) is 10.0 Å². The summed E-state index contributed by atoms with van der Waals surface area (Å²) in [5.41, 5.74) is 1.05. The van der Waals surface area contributed by atoms with Gasteiger partial charge in [0.25, 0.3) is 0 Å². The number of rotatable bonds is 5. The molecule has 1 aromatic carbocycles. The average Bonchev–Trinajstić information content (AvgIpc) is 3.22. The number of hydrogen-bond acceptors (Lipinski definition) is 6. The van der Waals surface area contributed by atoms with E-state index in [0.717, 1.165) is 0 Å². The first-order chi connectivity index (χ1) is 13.9. The molecule has 0 spiro atoms. The highest BCUT2D eigenvalue weighted by Gasteiger charge is 2.29. The van der Waals surface area contributed by atoms with Gasteiger partial charge in [-0.25, -0.2) is 12.8 Å². The summed E-state index contributed by atoms with van der Waals surface area (Å²) in [6.07, 6.45) is 1.34. The Morgan fingerprint density at radius 2 is 2.07 bits per heavy atom. The van der Waals surface area contributed by atoms with Crippen molar-refractivity contribution in [2.75, 3.05) is 33.2 Å². The van der Waals surface area contributed by atoms with Gasteiger partial charge in [-0.05, 0) is 12.1 Å². The molecule has 0 unspecified atom stereocenters. The molecule has 1 N–H and O–H groups in total. The molecule has 0 bridgehead atoms. The Labute approximate surface area is 191 Å². The fourth-order valence-corrected chi connectivity index (χ4v) is 4.46. The van der Waals surface area contributed by atoms with E-state index < -0.39 is 15.8 Å². The van der Waals surface area contributed by atoms with E-state index in [1.54, 1.807) is 19.2 Å². The minimum absolute atomic E-state index is 0. The molecule has 2 heterocycles. The first-order valence-corrected chi connectivity index (χ1v) is 10.5. The Bertz CT molecular complexity index is 1020. The molecule has 1 aliphatic heterocycles. The molecular formula is C18H22FIN6O3S. The standard InChI is InChI=1S/C18H21FN6O3S.HI/c1-21-18(22-12-15-3-2-14(11-20)10-17(15)19)24-5-7-25(8-6-24)29(26,27)13-16-4-9-28-23-16;/h2-4,9-10H,5-8,12-13H2,1H3,(H,21,22);1H. The van der Waals surface area contributed by atoms with Crippen LogP contribution in [-0.2, 0) is 22.3 Å². The number of aromatic nitrogens is 1. The summed E-state index contributed by atoms with van der Waals surface area (Å²) in [4.78, 5) is 6.12. The molecule has 1 aliphatic rings. The summed E-state index contributed by atoms with van der Waals surface area (Å²) in [5, 5.41) is 15.6. The van der Waals surface area contributed by atoms with Crippen LogP contribution in [0.15, 0.2) is 40.0 Å². The van der Waals surface area contributed by atoms with Gasteiger partial charge >= 0.3 is 0 Å². The van der Waals surface area contributed by atoms with Crippen LogP contribution >= 0.6 is 24.0 Å². The maximum absolute atomic E-state index is 14.0. The summed E-state index contributed by atoms with van der Waals surface area (Å²) in [7, 11) is -1.87. The molecule has 162 valence electrons. The quantitative estimate of drug-likeness (QED) is 0.343. The van der Waals surface area contributed by atoms with Gasteiger partial charge in [0.05, 0.1) is 17.3 Å². The van der Waals surface area contributed by atoms with Crippen molar-refractivity contribution in [3.63, 3.8) is 0 Å². The van der Waals surface area contributed by atoms with Crippen molar-refractivity contribution in [3.05, 3.63) is 53.2 Å². The molecule has 1 aromatic heterocycles. The maximum Gasteiger partial charge on any atom is 0.220 e. The summed E-state index contributed by atoms with van der Waals surface area (Å²) in [6.45, 7) is 1.73. The summed E-state index contributed by atoms with van der Waals surface area (Å²) >= 11 is 0. The number of aliphatic imine (C=N–C) groups is 1. The van der Waals surface area contributed by atoms with Crippen LogP contribution in [0.3, 0.4) is 0 Å². The van der Waals surface area contributed by atoms with E-state index in [1.165, 1.54) is 22.7 Å². The van der Waals surface area contributed by atoms with Crippen molar-refractivity contribution < 1.29 is 17.3 Å². The summed E-state index contributed by atoms with van der Waals surface area (Å²) in [5.74, 6) is -0.105. The largest absolute Gasteiger partial charge is 0.364 e. The Morgan fingerprint density at radius 3 is 2.63 bits per heavy atom. The molecule has 1 saturated heterocycles. The predicted molar refractivity (Wildman–Crippen MR) is 119 cm³/mol. The molecule has 0 saturated carbocycles. The second-order valence-electron chi connectivity index (χ2n) is 6.45. The van der Waals surface area contributed by atoms with Gasteiger partial charge < -0.3 is 14.7 Å². The minimum Gasteiger partial charge on any atom is -0.364 e. The third-order valence-electron chi connectivity index (χ3n) is 4.58. The lowest BCUT2D eigenvalue weighted by Crippen LogP contribution is -2.53. The molecule has 0 radical (unpaired) electrons. The number of sulfonamides is 1. The zero-order valence-electron chi connectivity index (χ0n) is 16.3. The Morgan fingerprint density at radius 1 is 1.33 bits per heavy atom. The van der Waals surface area contributed by atoms with E-state index >= 15 is 0 Å². The molecule has 3 rings (SSSR count). The molecule has 0 amide bonds. The SMILES string of the molecule is CN=C(NCc1ccc(C#N)cc1F)N1CCN(S(=O)(=O)Cc2ccon2)CC1.I. The number of nitriles is 1. The Hall–Kier alpha value is -2.24. The van der Waals surface area contributed by atoms with E-state index in [1.807, 2.05) is 11.0 Å². The van der Waals surface area contributed by atoms with Gasteiger partial charge in [0.1, 0.15) is 17.8 Å². The van der Waals surface area contributed by atoms with Crippen LogP contribution in [0.1, 0.15) is 16.8 Å². The van der Waals surface area contributed by atoms with Crippen molar-refractivity contribution in [1.82, 2.24) is 19.7 Å². The van der Waals surface area contributed by atoms with E-state index in [-0.39, 0.29) is 41.8 Å². The number of benzene rings is 1. The van der Waals surface area contributed by atoms with Crippen LogP contribution < -0.4 is 5.32 Å². The van der Waals surface area contributed by atoms with Crippen molar-refractivity contribution in [3.8, 4) is 6.07 Å². The van der Waals surface area contributed by atoms with Crippen LogP contribution in [0, 0.1) is 17.1 Å². The average molecular weight is 548 g/mol. The number of hydrogen-bond donors (Lipinski definition) is 1. The fraction of sp³-hybridized carbons (Fsp3) is 0.389. The van der Waals surface area contributed by atoms with E-state index in [4.69, 9.17) is 5.26 Å². The van der Waals surface area contributed by atoms with Crippen LogP contribution in [-0.4, -0.2) is 62.0 Å². The van der Waals surface area contributed by atoms with Gasteiger partial charge in [0, 0.05) is 51.4 Å². The van der Waals surface area contributed by atoms with Crippen LogP contribution in [0.2, 0.25) is 0 Å². The monoisotopic (exact) mass is 548 g/mol. The van der Waals surface area contributed by atoms with E-state index in [9.17, 15) is 12.8 Å². The van der Waals surface area contributed by atoms with Crippen molar-refractivity contribution >= 4 is 40.0 Å². The van der Waals surface area contributed by atoms with Crippen LogP contribution in [0.25, 0.3) is 0 Å². The van der Waals surface area contributed by atoms with Crippen molar-refractivity contribution in [2.24, 2.45) is 4.99 Å². The lowest BCUT2D eigenvalue weighted by atomic mass is 10.1.